The lowest BCUT2D eigenvalue weighted by Crippen LogP contribution is -2.54. The Bertz CT molecular complexity index is 1120. The molecule has 2 aromatic rings. The molecule has 41 heavy (non-hydrogen) atoms. The van der Waals surface area contributed by atoms with Gasteiger partial charge < -0.3 is 29.5 Å². The third kappa shape index (κ3) is 9.75. The summed E-state index contributed by atoms with van der Waals surface area (Å²) in [7, 11) is 1.38. The number of carbonyl (C=O) groups is 2. The summed E-state index contributed by atoms with van der Waals surface area (Å²) in [6.07, 6.45) is -1.55. The Morgan fingerprint density at radius 2 is 1.80 bits per heavy atom. The van der Waals surface area contributed by atoms with Crippen LogP contribution in [0.25, 0.3) is 0 Å². The lowest BCUT2D eigenvalue weighted by molar-refractivity contribution is -0.134. The van der Waals surface area contributed by atoms with Gasteiger partial charge in [0.15, 0.2) is 0 Å². The van der Waals surface area contributed by atoms with Crippen LogP contribution in [0.1, 0.15) is 49.0 Å². The zero-order valence-electron chi connectivity index (χ0n) is 24.0. The summed E-state index contributed by atoms with van der Waals surface area (Å²) in [4.78, 5) is 30.8. The predicted octanol–water partition coefficient (Wildman–Crippen LogP) is 3.95. The second kappa shape index (κ2) is 16.2. The van der Waals surface area contributed by atoms with Crippen molar-refractivity contribution in [1.82, 2.24) is 9.80 Å². The number of aliphatic hydroxyl groups excluding tert-OH is 2. The van der Waals surface area contributed by atoms with E-state index in [2.05, 4.69) is 0 Å². The van der Waals surface area contributed by atoms with Gasteiger partial charge in [0.1, 0.15) is 24.1 Å². The fourth-order valence-electron chi connectivity index (χ4n) is 5.11. The van der Waals surface area contributed by atoms with Gasteiger partial charge in [-0.05, 0) is 55.0 Å². The first kappa shape index (κ1) is 32.9. The first-order chi connectivity index (χ1) is 19.6. The van der Waals surface area contributed by atoms with E-state index in [1.54, 1.807) is 18.2 Å². The van der Waals surface area contributed by atoms with Crippen LogP contribution in [0, 0.1) is 11.7 Å². The molecule has 2 amide bonds. The van der Waals surface area contributed by atoms with E-state index in [1.165, 1.54) is 30.2 Å². The number of halogens is 2. The molecule has 8 nitrogen and oxygen atoms in total. The predicted molar refractivity (Wildman–Crippen MR) is 155 cm³/mol. The maximum atomic E-state index is 14.8. The van der Waals surface area contributed by atoms with E-state index in [1.807, 2.05) is 30.9 Å². The average molecular weight is 593 g/mol. The summed E-state index contributed by atoms with van der Waals surface area (Å²) in [5.74, 6) is -1.17. The Morgan fingerprint density at radius 3 is 2.46 bits per heavy atom. The van der Waals surface area contributed by atoms with Gasteiger partial charge in [-0.1, -0.05) is 49.7 Å². The molecule has 1 fully saturated rings. The van der Waals surface area contributed by atoms with Crippen LogP contribution in [0.5, 0.6) is 0 Å². The van der Waals surface area contributed by atoms with Gasteiger partial charge >= 0.3 is 0 Å². The summed E-state index contributed by atoms with van der Waals surface area (Å²) in [6.45, 7) is 4.73. The lowest BCUT2D eigenvalue weighted by Gasteiger charge is -2.39. The molecule has 0 unspecified atom stereocenters. The minimum absolute atomic E-state index is 0.0941. The molecule has 1 heterocycles. The van der Waals surface area contributed by atoms with Crippen molar-refractivity contribution in [3.05, 3.63) is 70.5 Å². The van der Waals surface area contributed by atoms with Crippen LogP contribution >= 0.6 is 11.6 Å². The van der Waals surface area contributed by atoms with Crippen molar-refractivity contribution >= 4 is 23.4 Å². The molecule has 4 atom stereocenters. The van der Waals surface area contributed by atoms with Crippen molar-refractivity contribution in [3.63, 3.8) is 0 Å². The van der Waals surface area contributed by atoms with E-state index in [0.717, 1.165) is 5.56 Å². The highest BCUT2D eigenvalue weighted by atomic mass is 35.5. The van der Waals surface area contributed by atoms with Crippen molar-refractivity contribution in [1.29, 1.82) is 0 Å². The Balaban J connectivity index is 2.01. The standard InChI is InChI=1S/C31H42ClFN2O6/c1-21(2)16-24-18-34(31(39)25-8-4-5-9-26(25)33)19-28(40-3)30(38)27(36)20-41-15-7-6-14-35(24)29(37)17-22-10-12-23(32)13-11-22/h4-5,8-13,21,24,27-28,30,36,38H,6-7,14-20H2,1-3H3/t24-,27-,28-,30-/m1/s1. The van der Waals surface area contributed by atoms with Crippen molar-refractivity contribution in [3.8, 4) is 0 Å². The smallest absolute Gasteiger partial charge is 0.256 e. The Hall–Kier alpha value is -2.56. The molecule has 226 valence electrons. The topological polar surface area (TPSA) is 99.5 Å². The van der Waals surface area contributed by atoms with Gasteiger partial charge in [-0.2, -0.15) is 0 Å². The van der Waals surface area contributed by atoms with Crippen LogP contribution in [-0.4, -0.2) is 96.1 Å². The van der Waals surface area contributed by atoms with Crippen LogP contribution < -0.4 is 0 Å². The molecule has 0 saturated carbocycles. The van der Waals surface area contributed by atoms with Crippen LogP contribution in [0.15, 0.2) is 48.5 Å². The fourth-order valence-corrected chi connectivity index (χ4v) is 5.24. The molecule has 1 aliphatic rings. The minimum Gasteiger partial charge on any atom is -0.388 e. The molecule has 0 aliphatic carbocycles. The third-order valence-corrected chi connectivity index (χ3v) is 7.55. The molecule has 2 aromatic carbocycles. The number of hydrogen-bond donors (Lipinski definition) is 2. The number of rotatable bonds is 6. The second-order valence-electron chi connectivity index (χ2n) is 11.0. The summed E-state index contributed by atoms with van der Waals surface area (Å²) in [5, 5.41) is 22.0. The largest absolute Gasteiger partial charge is 0.388 e. The molecule has 0 radical (unpaired) electrons. The number of hydrogen-bond acceptors (Lipinski definition) is 6. The molecule has 10 heteroatoms. The van der Waals surface area contributed by atoms with Gasteiger partial charge in [-0.25, -0.2) is 4.39 Å². The van der Waals surface area contributed by atoms with Crippen molar-refractivity contribution < 1.29 is 33.7 Å². The van der Waals surface area contributed by atoms with Crippen LogP contribution in [0.4, 0.5) is 4.39 Å². The molecule has 1 saturated heterocycles. The quantitative estimate of drug-likeness (QED) is 0.527. The van der Waals surface area contributed by atoms with E-state index < -0.39 is 36.1 Å². The molecule has 0 aromatic heterocycles. The highest BCUT2D eigenvalue weighted by molar-refractivity contribution is 6.30. The molecule has 2 N–H and O–H groups in total. The Morgan fingerprint density at radius 1 is 1.10 bits per heavy atom. The zero-order valence-corrected chi connectivity index (χ0v) is 24.8. The van der Waals surface area contributed by atoms with Gasteiger partial charge in [0, 0.05) is 44.4 Å². The van der Waals surface area contributed by atoms with Crippen molar-refractivity contribution in [2.45, 2.75) is 63.9 Å². The minimum atomic E-state index is -1.36. The number of nitrogens with zero attached hydrogens (tertiary/aromatic N) is 2. The van der Waals surface area contributed by atoms with E-state index in [-0.39, 0.29) is 43.5 Å². The monoisotopic (exact) mass is 592 g/mol. The number of benzene rings is 2. The van der Waals surface area contributed by atoms with Crippen LogP contribution in [-0.2, 0) is 20.7 Å². The van der Waals surface area contributed by atoms with Gasteiger partial charge in [0.2, 0.25) is 5.91 Å². The van der Waals surface area contributed by atoms with Crippen molar-refractivity contribution in [2.24, 2.45) is 5.92 Å². The highest BCUT2D eigenvalue weighted by Gasteiger charge is 2.34. The normalized spacial score (nSPS) is 23.3. The average Bonchev–Trinajstić information content (AvgIpc) is 2.94. The molecule has 0 bridgehead atoms. The molecule has 1 aliphatic heterocycles. The van der Waals surface area contributed by atoms with Gasteiger partial charge in [0.05, 0.1) is 18.6 Å². The van der Waals surface area contributed by atoms with Crippen LogP contribution in [0.2, 0.25) is 5.02 Å². The third-order valence-electron chi connectivity index (χ3n) is 7.30. The Labute approximate surface area is 247 Å². The number of aliphatic hydroxyl groups is 2. The zero-order chi connectivity index (χ0) is 29.9. The van der Waals surface area contributed by atoms with E-state index >= 15 is 0 Å². The maximum absolute atomic E-state index is 14.8. The molecule has 0 spiro atoms. The van der Waals surface area contributed by atoms with Gasteiger partial charge in [-0.3, -0.25) is 9.59 Å². The van der Waals surface area contributed by atoms with Gasteiger partial charge in [0.25, 0.3) is 5.91 Å². The molecule has 3 rings (SSSR count). The first-order valence-corrected chi connectivity index (χ1v) is 14.5. The van der Waals surface area contributed by atoms with E-state index in [9.17, 15) is 24.2 Å². The number of methoxy groups -OCH3 is 1. The number of ether oxygens (including phenoxy) is 2. The summed E-state index contributed by atoms with van der Waals surface area (Å²) in [5.41, 5.74) is 0.699. The molecular weight excluding hydrogens is 551 g/mol. The first-order valence-electron chi connectivity index (χ1n) is 14.1. The van der Waals surface area contributed by atoms with E-state index in [4.69, 9.17) is 21.1 Å². The fraction of sp³-hybridized carbons (Fsp3) is 0.548. The van der Waals surface area contributed by atoms with Gasteiger partial charge in [-0.15, -0.1) is 0 Å². The van der Waals surface area contributed by atoms with Crippen LogP contribution in [0.3, 0.4) is 0 Å². The molecular formula is C31H42ClFN2O6. The second-order valence-corrected chi connectivity index (χ2v) is 11.4. The SMILES string of the molecule is CO[C@@H]1CN(C(=O)c2ccccc2F)C[C@@H](CC(C)C)N(C(=O)Cc2ccc(Cl)cc2)CCCCOC[C@@H](O)[C@H]1O. The summed E-state index contributed by atoms with van der Waals surface area (Å²) in [6, 6.07) is 12.4. The van der Waals surface area contributed by atoms with Crippen molar-refractivity contribution in [2.75, 3.05) is 40.0 Å². The lowest BCUT2D eigenvalue weighted by atomic mass is 9.99. The summed E-state index contributed by atoms with van der Waals surface area (Å²) >= 11 is 6.04. The van der Waals surface area contributed by atoms with E-state index in [0.29, 0.717) is 37.4 Å². The Kier molecular flexibility index (Phi) is 13.0. The maximum Gasteiger partial charge on any atom is 0.256 e. The number of amides is 2. The summed E-state index contributed by atoms with van der Waals surface area (Å²) < 4.78 is 25.9. The highest BCUT2D eigenvalue weighted by Crippen LogP contribution is 2.21. The number of carbonyl (C=O) groups excluding carboxylic acids is 2.